The number of nitrogens with one attached hydrogen (secondary N) is 1. The molecular weight excluding hydrogens is 433 g/mol. The zero-order chi connectivity index (χ0) is 23.3. The molecule has 2 aromatic carbocycles. The fourth-order valence-corrected chi connectivity index (χ4v) is 6.35. The van der Waals surface area contributed by atoms with Gasteiger partial charge in [-0.05, 0) is 111 Å². The number of halogens is 1. The third kappa shape index (κ3) is 4.43. The first-order valence-electron chi connectivity index (χ1n) is 11.8. The average Bonchev–Trinajstić information content (AvgIpc) is 3.27. The van der Waals surface area contributed by atoms with Crippen molar-refractivity contribution in [3.63, 3.8) is 0 Å². The Morgan fingerprint density at radius 3 is 2.27 bits per heavy atom. The number of benzene rings is 2. The molecule has 1 N–H and O–H groups in total. The zero-order valence-electron chi connectivity index (χ0n) is 19.8. The minimum Gasteiger partial charge on any atom is -0.267 e. The maximum Gasteiger partial charge on any atom is 0.123 e. The molecule has 174 valence electrons. The van der Waals surface area contributed by atoms with Crippen molar-refractivity contribution in [2.45, 2.75) is 57.2 Å². The Balaban J connectivity index is 1.41. The zero-order valence-corrected chi connectivity index (χ0v) is 20.6. The van der Waals surface area contributed by atoms with Crippen molar-refractivity contribution in [1.82, 2.24) is 14.5 Å². The quantitative estimate of drug-likeness (QED) is 0.558. The third-order valence-corrected chi connectivity index (χ3v) is 8.81. The van der Waals surface area contributed by atoms with Gasteiger partial charge in [0.2, 0.25) is 0 Å². The Bertz CT molecular complexity index is 1200. The number of fused-ring (bicyclic) bond motifs is 3. The molecule has 2 aliphatic carbocycles. The van der Waals surface area contributed by atoms with Gasteiger partial charge in [0.25, 0.3) is 0 Å². The highest BCUT2D eigenvalue weighted by atomic mass is 32.2. The molecule has 1 aromatic heterocycles. The lowest BCUT2D eigenvalue weighted by Gasteiger charge is -2.27. The van der Waals surface area contributed by atoms with Crippen molar-refractivity contribution in [3.05, 3.63) is 65.5 Å². The van der Waals surface area contributed by atoms with E-state index in [1.165, 1.54) is 36.1 Å². The van der Waals surface area contributed by atoms with Crippen molar-refractivity contribution in [1.29, 1.82) is 0 Å². The van der Waals surface area contributed by atoms with Gasteiger partial charge in [-0.1, -0.05) is 12.1 Å². The summed E-state index contributed by atoms with van der Waals surface area (Å²) in [6.45, 7) is 6.09. The molecule has 4 nitrogen and oxygen atoms in total. The van der Waals surface area contributed by atoms with E-state index in [1.54, 1.807) is 12.1 Å². The summed E-state index contributed by atoms with van der Waals surface area (Å²) in [7, 11) is 0.877. The number of aryl methyl sites for hydroxylation is 1. The Kier molecular flexibility index (Phi) is 5.78. The summed E-state index contributed by atoms with van der Waals surface area (Å²) in [6, 6.07) is 15.7. The van der Waals surface area contributed by atoms with Crippen LogP contribution in [0.25, 0.3) is 22.5 Å². The van der Waals surface area contributed by atoms with Crippen LogP contribution in [0.1, 0.15) is 44.7 Å². The molecular formula is C27H32FN3OS. The van der Waals surface area contributed by atoms with Gasteiger partial charge < -0.3 is 0 Å². The van der Waals surface area contributed by atoms with Crippen molar-refractivity contribution in [2.75, 3.05) is 0 Å². The number of rotatable bonds is 4. The first-order chi connectivity index (χ1) is 15.7. The largest absolute Gasteiger partial charge is 0.267 e. The molecule has 3 aromatic rings. The van der Waals surface area contributed by atoms with Gasteiger partial charge in [-0.2, -0.15) is 5.10 Å². The minimum absolute atomic E-state index is 0.236. The van der Waals surface area contributed by atoms with Gasteiger partial charge >= 0.3 is 0 Å². The van der Waals surface area contributed by atoms with E-state index in [0.29, 0.717) is 17.9 Å². The normalized spacial score (nSPS) is 23.2. The topological polar surface area (TPSA) is 46.9 Å². The standard InChI is InChI=1S/C27H32FN3OS/c1-27(2,3)33(32)30-26-20-7-8-21(26)15-22-14-19(6-5-18(22)13-20)24-16-25(31(4)29-24)17-9-11-23(28)12-10-17/h5-6,9-12,14,16,20-21,26,30H,7-8,13,15H2,1-4H3/t20-,21+,26+,33?/m0/s1. The fourth-order valence-electron chi connectivity index (χ4n) is 5.36. The van der Waals surface area contributed by atoms with Gasteiger partial charge in [0.1, 0.15) is 5.82 Å². The molecule has 0 amide bonds. The number of hydrogen-bond donors (Lipinski definition) is 1. The molecule has 33 heavy (non-hydrogen) atoms. The molecule has 2 aliphatic rings. The van der Waals surface area contributed by atoms with Crippen LogP contribution in [0.3, 0.4) is 0 Å². The predicted molar refractivity (Wildman–Crippen MR) is 132 cm³/mol. The molecule has 1 fully saturated rings. The highest BCUT2D eigenvalue weighted by molar-refractivity contribution is 7.84. The van der Waals surface area contributed by atoms with E-state index in [9.17, 15) is 8.60 Å². The van der Waals surface area contributed by atoms with E-state index >= 15 is 0 Å². The molecule has 4 atom stereocenters. The SMILES string of the molecule is Cn1nc(-c2ccc3c(c2)C[C@H]2CC[C@@H](C3)[C@H]2NS(=O)C(C)(C)C)cc1-c1ccc(F)cc1. The van der Waals surface area contributed by atoms with Gasteiger partial charge in [0.05, 0.1) is 27.1 Å². The molecule has 1 unspecified atom stereocenters. The smallest absolute Gasteiger partial charge is 0.123 e. The first-order valence-corrected chi connectivity index (χ1v) is 12.9. The molecule has 0 spiro atoms. The van der Waals surface area contributed by atoms with Crippen LogP contribution >= 0.6 is 0 Å². The molecule has 0 saturated heterocycles. The predicted octanol–water partition coefficient (Wildman–Crippen LogP) is 5.44. The van der Waals surface area contributed by atoms with Crippen molar-refractivity contribution >= 4 is 11.0 Å². The highest BCUT2D eigenvalue weighted by Crippen LogP contribution is 2.41. The second-order valence-corrected chi connectivity index (χ2v) is 12.6. The molecule has 0 aliphatic heterocycles. The van der Waals surface area contributed by atoms with Crippen LogP contribution in [0.15, 0.2) is 48.5 Å². The van der Waals surface area contributed by atoms with E-state index in [0.717, 1.165) is 35.4 Å². The lowest BCUT2D eigenvalue weighted by Crippen LogP contribution is -2.44. The maximum atomic E-state index is 13.3. The van der Waals surface area contributed by atoms with Crippen molar-refractivity contribution in [2.24, 2.45) is 18.9 Å². The van der Waals surface area contributed by atoms with Crippen LogP contribution in [0.5, 0.6) is 0 Å². The Labute approximate surface area is 198 Å². The van der Waals surface area contributed by atoms with Crippen LogP contribution in [0.2, 0.25) is 0 Å². The van der Waals surface area contributed by atoms with Gasteiger partial charge in [-0.15, -0.1) is 0 Å². The summed E-state index contributed by atoms with van der Waals surface area (Å²) in [6.07, 6.45) is 4.43. The summed E-state index contributed by atoms with van der Waals surface area (Å²) in [4.78, 5) is 0. The molecule has 5 rings (SSSR count). The van der Waals surface area contributed by atoms with E-state index in [-0.39, 0.29) is 10.6 Å². The Morgan fingerprint density at radius 1 is 0.970 bits per heavy atom. The van der Waals surface area contributed by atoms with Crippen LogP contribution in [-0.4, -0.2) is 24.8 Å². The van der Waals surface area contributed by atoms with Gasteiger partial charge in [-0.3, -0.25) is 4.68 Å². The third-order valence-electron chi connectivity index (χ3n) is 7.21. The summed E-state index contributed by atoms with van der Waals surface area (Å²) in [5, 5.41) is 4.75. The summed E-state index contributed by atoms with van der Waals surface area (Å²) in [5.41, 5.74) is 6.75. The molecule has 0 radical (unpaired) electrons. The van der Waals surface area contributed by atoms with E-state index in [4.69, 9.17) is 5.10 Å². The summed E-state index contributed by atoms with van der Waals surface area (Å²) >= 11 is 0. The average molecular weight is 466 g/mol. The summed E-state index contributed by atoms with van der Waals surface area (Å²) in [5.74, 6) is 0.810. The van der Waals surface area contributed by atoms with Crippen molar-refractivity contribution < 1.29 is 8.60 Å². The van der Waals surface area contributed by atoms with Gasteiger partial charge in [-0.25, -0.2) is 13.3 Å². The fraction of sp³-hybridized carbons (Fsp3) is 0.444. The van der Waals surface area contributed by atoms with Gasteiger partial charge in [0, 0.05) is 18.7 Å². The van der Waals surface area contributed by atoms with E-state index in [1.807, 2.05) is 32.5 Å². The van der Waals surface area contributed by atoms with Crippen LogP contribution in [0, 0.1) is 17.7 Å². The Morgan fingerprint density at radius 2 is 1.61 bits per heavy atom. The van der Waals surface area contributed by atoms with E-state index < -0.39 is 11.0 Å². The Hall–Kier alpha value is -2.31. The minimum atomic E-state index is -1.05. The molecule has 2 bridgehead atoms. The number of aromatic nitrogens is 2. The van der Waals surface area contributed by atoms with Crippen molar-refractivity contribution in [3.8, 4) is 22.5 Å². The lowest BCUT2D eigenvalue weighted by molar-refractivity contribution is 0.391. The highest BCUT2D eigenvalue weighted by Gasteiger charge is 2.40. The first kappa shape index (κ1) is 22.5. The molecule has 1 heterocycles. The second-order valence-electron chi connectivity index (χ2n) is 10.6. The monoisotopic (exact) mass is 465 g/mol. The van der Waals surface area contributed by atoms with Crippen LogP contribution < -0.4 is 4.72 Å². The second kappa shape index (κ2) is 8.48. The number of nitrogens with zero attached hydrogens (tertiary/aromatic N) is 2. The molecule has 6 heteroatoms. The van der Waals surface area contributed by atoms with E-state index in [2.05, 4.69) is 29.0 Å². The number of hydrogen-bond acceptors (Lipinski definition) is 2. The van der Waals surface area contributed by atoms with Gasteiger partial charge in [0.15, 0.2) is 0 Å². The van der Waals surface area contributed by atoms with Crippen LogP contribution in [0.4, 0.5) is 4.39 Å². The lowest BCUT2D eigenvalue weighted by atomic mass is 9.91. The molecule has 1 saturated carbocycles. The maximum absolute atomic E-state index is 13.3. The summed E-state index contributed by atoms with van der Waals surface area (Å²) < 4.78 is 31.3. The van der Waals surface area contributed by atoms with Crippen LogP contribution in [-0.2, 0) is 30.9 Å².